The SMILES string of the molecule is COC(C)(C)CCNCC1CCCC1O. The molecule has 0 aromatic carbocycles. The van der Waals surface area contributed by atoms with Crippen LogP contribution < -0.4 is 5.32 Å². The zero-order valence-corrected chi connectivity index (χ0v) is 10.3. The van der Waals surface area contributed by atoms with Gasteiger partial charge in [0.25, 0.3) is 0 Å². The van der Waals surface area contributed by atoms with E-state index in [-0.39, 0.29) is 11.7 Å². The van der Waals surface area contributed by atoms with Crippen LogP contribution >= 0.6 is 0 Å². The smallest absolute Gasteiger partial charge is 0.0634 e. The molecular weight excluding hydrogens is 190 g/mol. The quantitative estimate of drug-likeness (QED) is 0.661. The van der Waals surface area contributed by atoms with Crippen LogP contribution in [0.25, 0.3) is 0 Å². The van der Waals surface area contributed by atoms with Crippen molar-refractivity contribution in [3.63, 3.8) is 0 Å². The van der Waals surface area contributed by atoms with E-state index in [0.29, 0.717) is 5.92 Å². The molecule has 0 heterocycles. The summed E-state index contributed by atoms with van der Waals surface area (Å²) in [6.07, 6.45) is 4.26. The van der Waals surface area contributed by atoms with Gasteiger partial charge < -0.3 is 15.2 Å². The Labute approximate surface area is 93.2 Å². The zero-order chi connectivity index (χ0) is 11.3. The minimum atomic E-state index is -0.0760. The van der Waals surface area contributed by atoms with Crippen molar-refractivity contribution in [2.45, 2.75) is 51.2 Å². The fourth-order valence-electron chi connectivity index (χ4n) is 2.03. The number of aliphatic hydroxyl groups excluding tert-OH is 1. The van der Waals surface area contributed by atoms with Gasteiger partial charge in [-0.3, -0.25) is 0 Å². The van der Waals surface area contributed by atoms with Gasteiger partial charge in [-0.1, -0.05) is 6.42 Å². The fraction of sp³-hybridized carbons (Fsp3) is 1.00. The number of methoxy groups -OCH3 is 1. The molecule has 0 aromatic heterocycles. The Hall–Kier alpha value is -0.120. The highest BCUT2D eigenvalue weighted by Gasteiger charge is 2.24. The van der Waals surface area contributed by atoms with Crippen molar-refractivity contribution in [2.24, 2.45) is 5.92 Å². The van der Waals surface area contributed by atoms with Crippen LogP contribution in [0.3, 0.4) is 0 Å². The lowest BCUT2D eigenvalue weighted by molar-refractivity contribution is 0.0154. The lowest BCUT2D eigenvalue weighted by Crippen LogP contribution is -2.33. The molecule has 3 nitrogen and oxygen atoms in total. The molecule has 0 spiro atoms. The largest absolute Gasteiger partial charge is 0.393 e. The summed E-state index contributed by atoms with van der Waals surface area (Å²) in [5.41, 5.74) is -0.0404. The molecule has 2 atom stereocenters. The number of nitrogens with one attached hydrogen (secondary N) is 1. The van der Waals surface area contributed by atoms with Crippen molar-refractivity contribution in [3.05, 3.63) is 0 Å². The molecule has 1 aliphatic carbocycles. The summed E-state index contributed by atoms with van der Waals surface area (Å²) in [4.78, 5) is 0. The Balaban J connectivity index is 2.06. The maximum absolute atomic E-state index is 9.63. The molecule has 2 N–H and O–H groups in total. The number of ether oxygens (including phenoxy) is 1. The highest BCUT2D eigenvalue weighted by molar-refractivity contribution is 4.78. The fourth-order valence-corrected chi connectivity index (χ4v) is 2.03. The van der Waals surface area contributed by atoms with Crippen LogP contribution in [-0.4, -0.2) is 37.0 Å². The molecule has 3 heteroatoms. The molecule has 1 fully saturated rings. The first-order valence-electron chi connectivity index (χ1n) is 5.99. The first-order valence-corrected chi connectivity index (χ1v) is 5.99. The summed E-state index contributed by atoms with van der Waals surface area (Å²) >= 11 is 0. The van der Waals surface area contributed by atoms with Crippen LogP contribution in [0.15, 0.2) is 0 Å². The minimum Gasteiger partial charge on any atom is -0.393 e. The molecule has 0 aromatic rings. The van der Waals surface area contributed by atoms with E-state index < -0.39 is 0 Å². The van der Waals surface area contributed by atoms with Crippen LogP contribution in [0.1, 0.15) is 39.5 Å². The van der Waals surface area contributed by atoms with Gasteiger partial charge in [-0.2, -0.15) is 0 Å². The maximum Gasteiger partial charge on any atom is 0.0634 e. The molecule has 2 unspecified atom stereocenters. The molecule has 0 radical (unpaired) electrons. The predicted molar refractivity (Wildman–Crippen MR) is 61.9 cm³/mol. The first kappa shape index (κ1) is 12.9. The van der Waals surface area contributed by atoms with Gasteiger partial charge in [0.2, 0.25) is 0 Å². The second-order valence-electron chi connectivity index (χ2n) is 5.18. The molecule has 1 aliphatic rings. The third kappa shape index (κ3) is 4.49. The summed E-state index contributed by atoms with van der Waals surface area (Å²) in [5.74, 6) is 0.468. The van der Waals surface area contributed by atoms with Gasteiger partial charge in [0, 0.05) is 13.7 Å². The van der Waals surface area contributed by atoms with Crippen LogP contribution in [0.4, 0.5) is 0 Å². The van der Waals surface area contributed by atoms with Crippen molar-refractivity contribution in [2.75, 3.05) is 20.2 Å². The van der Waals surface area contributed by atoms with Crippen LogP contribution in [0.5, 0.6) is 0 Å². The van der Waals surface area contributed by atoms with Crippen molar-refractivity contribution in [1.29, 1.82) is 0 Å². The molecular formula is C12H25NO2. The maximum atomic E-state index is 9.63. The van der Waals surface area contributed by atoms with Crippen molar-refractivity contribution < 1.29 is 9.84 Å². The molecule has 1 saturated carbocycles. The van der Waals surface area contributed by atoms with Gasteiger partial charge in [0.1, 0.15) is 0 Å². The van der Waals surface area contributed by atoms with Crippen molar-refractivity contribution in [1.82, 2.24) is 5.32 Å². The Morgan fingerprint density at radius 1 is 1.40 bits per heavy atom. The van der Waals surface area contributed by atoms with Crippen LogP contribution in [0.2, 0.25) is 0 Å². The number of hydrogen-bond acceptors (Lipinski definition) is 3. The highest BCUT2D eigenvalue weighted by Crippen LogP contribution is 2.24. The Kier molecular flexibility index (Phi) is 5.03. The molecule has 0 amide bonds. The normalized spacial score (nSPS) is 27.2. The van der Waals surface area contributed by atoms with Gasteiger partial charge in [-0.15, -0.1) is 0 Å². The summed E-state index contributed by atoms with van der Waals surface area (Å²) < 4.78 is 5.34. The molecule has 0 aliphatic heterocycles. The monoisotopic (exact) mass is 215 g/mol. The highest BCUT2D eigenvalue weighted by atomic mass is 16.5. The standard InChI is InChI=1S/C12H25NO2/c1-12(2,15-3)7-8-13-9-10-5-4-6-11(10)14/h10-11,13-14H,4-9H2,1-3H3. The van der Waals surface area contributed by atoms with Gasteiger partial charge in [0.15, 0.2) is 0 Å². The number of hydrogen-bond donors (Lipinski definition) is 2. The topological polar surface area (TPSA) is 41.5 Å². The zero-order valence-electron chi connectivity index (χ0n) is 10.3. The summed E-state index contributed by atoms with van der Waals surface area (Å²) in [7, 11) is 1.75. The number of aliphatic hydroxyl groups is 1. The summed E-state index contributed by atoms with van der Waals surface area (Å²) in [6.45, 7) is 6.10. The molecule has 90 valence electrons. The molecule has 0 saturated heterocycles. The minimum absolute atomic E-state index is 0.0404. The third-order valence-electron chi connectivity index (χ3n) is 3.48. The molecule has 15 heavy (non-hydrogen) atoms. The summed E-state index contributed by atoms with van der Waals surface area (Å²) in [5, 5.41) is 13.0. The Morgan fingerprint density at radius 3 is 2.67 bits per heavy atom. The van der Waals surface area contributed by atoms with E-state index in [9.17, 15) is 5.11 Å². The number of rotatable bonds is 6. The average molecular weight is 215 g/mol. The van der Waals surface area contributed by atoms with E-state index in [1.165, 1.54) is 12.8 Å². The van der Waals surface area contributed by atoms with E-state index in [0.717, 1.165) is 25.9 Å². The second kappa shape index (κ2) is 5.83. The third-order valence-corrected chi connectivity index (χ3v) is 3.48. The van der Waals surface area contributed by atoms with E-state index in [1.807, 2.05) is 0 Å². The molecule has 1 rings (SSSR count). The lowest BCUT2D eigenvalue weighted by atomic mass is 10.0. The van der Waals surface area contributed by atoms with E-state index in [4.69, 9.17) is 4.74 Å². The average Bonchev–Trinajstić information content (AvgIpc) is 2.59. The van der Waals surface area contributed by atoms with Crippen LogP contribution in [0, 0.1) is 5.92 Å². The van der Waals surface area contributed by atoms with Gasteiger partial charge in [0.05, 0.1) is 11.7 Å². The predicted octanol–water partition coefficient (Wildman–Crippen LogP) is 1.55. The van der Waals surface area contributed by atoms with Gasteiger partial charge >= 0.3 is 0 Å². The van der Waals surface area contributed by atoms with Gasteiger partial charge in [-0.25, -0.2) is 0 Å². The van der Waals surface area contributed by atoms with Crippen molar-refractivity contribution >= 4 is 0 Å². The van der Waals surface area contributed by atoms with E-state index >= 15 is 0 Å². The lowest BCUT2D eigenvalue weighted by Gasteiger charge is -2.23. The Morgan fingerprint density at radius 2 is 2.13 bits per heavy atom. The van der Waals surface area contributed by atoms with Crippen molar-refractivity contribution in [3.8, 4) is 0 Å². The second-order valence-corrected chi connectivity index (χ2v) is 5.18. The van der Waals surface area contributed by atoms with Gasteiger partial charge in [-0.05, 0) is 45.6 Å². The molecule has 0 bridgehead atoms. The first-order chi connectivity index (χ1) is 7.05. The Bertz CT molecular complexity index is 182. The van der Waals surface area contributed by atoms with E-state index in [2.05, 4.69) is 19.2 Å². The van der Waals surface area contributed by atoms with Crippen LogP contribution in [-0.2, 0) is 4.74 Å². The summed E-state index contributed by atoms with van der Waals surface area (Å²) in [6, 6.07) is 0. The van der Waals surface area contributed by atoms with E-state index in [1.54, 1.807) is 7.11 Å².